The fraction of sp³-hybridized carbons (Fsp3) is 0.261. The molecule has 1 N–H and O–H groups in total. The van der Waals surface area contributed by atoms with Crippen molar-refractivity contribution in [2.75, 3.05) is 11.9 Å². The quantitative estimate of drug-likeness (QED) is 0.515. The molecule has 2 aromatic carbocycles. The highest BCUT2D eigenvalue weighted by molar-refractivity contribution is 7.92. The molecule has 0 spiro atoms. The molecule has 1 aliphatic carbocycles. The summed E-state index contributed by atoms with van der Waals surface area (Å²) in [4.78, 5) is 14.1. The molecule has 1 aliphatic rings. The first kappa shape index (κ1) is 21.9. The summed E-state index contributed by atoms with van der Waals surface area (Å²) in [5.74, 6) is 0.103. The van der Waals surface area contributed by atoms with Crippen LogP contribution in [0.25, 0.3) is 0 Å². The van der Waals surface area contributed by atoms with E-state index in [1.54, 1.807) is 48.5 Å². The number of thiophene rings is 1. The molecule has 0 fully saturated rings. The number of benzene rings is 2. The summed E-state index contributed by atoms with van der Waals surface area (Å²) in [6.45, 7) is 1.68. The predicted octanol–water partition coefficient (Wildman–Crippen LogP) is 5.44. The van der Waals surface area contributed by atoms with Crippen LogP contribution in [0, 0.1) is 6.92 Å². The van der Waals surface area contributed by atoms with Crippen molar-refractivity contribution in [3.63, 3.8) is 0 Å². The van der Waals surface area contributed by atoms with Crippen LogP contribution in [0.2, 0.25) is 5.02 Å². The minimum absolute atomic E-state index is 0.228. The average molecular weight is 476 g/mol. The third kappa shape index (κ3) is 4.79. The average Bonchev–Trinajstić information content (AvgIpc) is 3.12. The molecule has 1 heterocycles. The van der Waals surface area contributed by atoms with Crippen LogP contribution in [-0.4, -0.2) is 20.9 Å². The molecule has 0 atom stereocenters. The molecule has 0 aliphatic heterocycles. The molecule has 4 rings (SSSR count). The second kappa shape index (κ2) is 9.02. The Bertz CT molecular complexity index is 1200. The molecule has 0 unspecified atom stereocenters. The number of halogens is 1. The van der Waals surface area contributed by atoms with Crippen molar-refractivity contribution in [3.8, 4) is 5.75 Å². The molecule has 31 heavy (non-hydrogen) atoms. The molecule has 3 aromatic rings. The number of ether oxygens (including phenoxy) is 1. The van der Waals surface area contributed by atoms with E-state index in [9.17, 15) is 13.2 Å². The molecule has 0 saturated carbocycles. The Morgan fingerprint density at radius 1 is 1.06 bits per heavy atom. The lowest BCUT2D eigenvalue weighted by Crippen LogP contribution is -2.21. The molecule has 0 radical (unpaired) electrons. The number of carbonyl (C=O) groups is 1. The van der Waals surface area contributed by atoms with Gasteiger partial charge in [-0.05, 0) is 74.6 Å². The monoisotopic (exact) mass is 475 g/mol. The Morgan fingerprint density at radius 2 is 1.74 bits per heavy atom. The zero-order valence-electron chi connectivity index (χ0n) is 17.0. The van der Waals surface area contributed by atoms with Crippen molar-refractivity contribution in [1.29, 1.82) is 0 Å². The number of hydrogen-bond donors (Lipinski definition) is 1. The highest BCUT2D eigenvalue weighted by Gasteiger charge is 2.31. The lowest BCUT2D eigenvalue weighted by Gasteiger charge is -2.14. The molecule has 5 nitrogen and oxygen atoms in total. The van der Waals surface area contributed by atoms with Crippen molar-refractivity contribution in [2.45, 2.75) is 42.4 Å². The van der Waals surface area contributed by atoms with Crippen LogP contribution >= 0.6 is 22.9 Å². The van der Waals surface area contributed by atoms with E-state index in [1.807, 2.05) is 6.92 Å². The normalized spacial score (nSPS) is 13.5. The lowest BCUT2D eigenvalue weighted by atomic mass is 9.99. The van der Waals surface area contributed by atoms with Gasteiger partial charge in [0.05, 0.1) is 4.90 Å². The third-order valence-corrected chi connectivity index (χ3v) is 8.63. The topological polar surface area (TPSA) is 72.5 Å². The van der Waals surface area contributed by atoms with Crippen molar-refractivity contribution >= 4 is 43.7 Å². The van der Waals surface area contributed by atoms with E-state index in [0.717, 1.165) is 35.3 Å². The Balaban J connectivity index is 1.61. The van der Waals surface area contributed by atoms with E-state index in [-0.39, 0.29) is 16.4 Å². The predicted molar refractivity (Wildman–Crippen MR) is 123 cm³/mol. The first-order chi connectivity index (χ1) is 14.8. The smallest absolute Gasteiger partial charge is 0.262 e. The van der Waals surface area contributed by atoms with E-state index in [0.29, 0.717) is 22.2 Å². The summed E-state index contributed by atoms with van der Waals surface area (Å²) >= 11 is 7.21. The number of aryl methyl sites for hydroxylation is 2. The first-order valence-corrected chi connectivity index (χ1v) is 12.7. The van der Waals surface area contributed by atoms with Crippen molar-refractivity contribution in [2.24, 2.45) is 0 Å². The molecule has 1 aromatic heterocycles. The van der Waals surface area contributed by atoms with Gasteiger partial charge in [0, 0.05) is 9.90 Å². The van der Waals surface area contributed by atoms with Gasteiger partial charge in [-0.3, -0.25) is 4.79 Å². The number of carbonyl (C=O) groups excluding carboxylic acids is 1. The van der Waals surface area contributed by atoms with E-state index in [4.69, 9.17) is 16.3 Å². The fourth-order valence-corrected chi connectivity index (χ4v) is 7.00. The molecule has 162 valence electrons. The third-order valence-electron chi connectivity index (χ3n) is 5.16. The number of sulfone groups is 1. The van der Waals surface area contributed by atoms with Crippen molar-refractivity contribution in [3.05, 3.63) is 69.6 Å². The number of anilines is 1. The Kier molecular flexibility index (Phi) is 6.36. The van der Waals surface area contributed by atoms with Crippen LogP contribution < -0.4 is 10.1 Å². The molecule has 8 heteroatoms. The summed E-state index contributed by atoms with van der Waals surface area (Å²) in [7, 11) is -3.76. The van der Waals surface area contributed by atoms with Crippen LogP contribution in [0.5, 0.6) is 5.75 Å². The van der Waals surface area contributed by atoms with Crippen LogP contribution in [0.4, 0.5) is 5.00 Å². The SMILES string of the molecule is Cc1ccc(S(=O)(=O)c2c(NC(=O)COc3ccc(Cl)cc3)sc3c2CCCC3)cc1. The maximum atomic E-state index is 13.5. The van der Waals surface area contributed by atoms with E-state index in [2.05, 4.69) is 5.32 Å². The zero-order valence-corrected chi connectivity index (χ0v) is 19.4. The molecular formula is C23H22ClNO4S2. The summed E-state index contributed by atoms with van der Waals surface area (Å²) in [6.07, 6.45) is 3.48. The van der Waals surface area contributed by atoms with Gasteiger partial charge >= 0.3 is 0 Å². The van der Waals surface area contributed by atoms with E-state index >= 15 is 0 Å². The fourth-order valence-electron chi connectivity index (χ4n) is 3.58. The van der Waals surface area contributed by atoms with Crippen LogP contribution in [-0.2, 0) is 27.5 Å². The molecular weight excluding hydrogens is 454 g/mol. The van der Waals surface area contributed by atoms with Crippen molar-refractivity contribution in [1.82, 2.24) is 0 Å². The van der Waals surface area contributed by atoms with Gasteiger partial charge in [0.15, 0.2) is 6.61 Å². The Hall–Kier alpha value is -2.35. The van der Waals surface area contributed by atoms with Gasteiger partial charge in [-0.2, -0.15) is 0 Å². The molecule has 0 bridgehead atoms. The number of nitrogens with one attached hydrogen (secondary N) is 1. The van der Waals surface area contributed by atoms with Gasteiger partial charge in [-0.15, -0.1) is 11.3 Å². The minimum Gasteiger partial charge on any atom is -0.484 e. The van der Waals surface area contributed by atoms with Crippen LogP contribution in [0.15, 0.2) is 58.3 Å². The second-order valence-electron chi connectivity index (χ2n) is 7.48. The van der Waals surface area contributed by atoms with Crippen LogP contribution in [0.1, 0.15) is 28.8 Å². The van der Waals surface area contributed by atoms with E-state index in [1.165, 1.54) is 11.3 Å². The largest absolute Gasteiger partial charge is 0.484 e. The number of rotatable bonds is 6. The zero-order chi connectivity index (χ0) is 22.0. The Morgan fingerprint density at radius 3 is 2.45 bits per heavy atom. The van der Waals surface area contributed by atoms with Gasteiger partial charge < -0.3 is 10.1 Å². The van der Waals surface area contributed by atoms with Gasteiger partial charge in [0.2, 0.25) is 9.84 Å². The number of hydrogen-bond acceptors (Lipinski definition) is 5. The van der Waals surface area contributed by atoms with Crippen LogP contribution in [0.3, 0.4) is 0 Å². The maximum Gasteiger partial charge on any atom is 0.262 e. The highest BCUT2D eigenvalue weighted by atomic mass is 35.5. The molecule has 0 saturated heterocycles. The minimum atomic E-state index is -3.76. The molecule has 1 amide bonds. The van der Waals surface area contributed by atoms with E-state index < -0.39 is 15.7 Å². The number of amides is 1. The second-order valence-corrected chi connectivity index (χ2v) is 10.9. The Labute approximate surface area is 190 Å². The number of fused-ring (bicyclic) bond motifs is 1. The standard InChI is InChI=1S/C23H22ClNO4S2/c1-15-6-12-18(13-7-15)31(27,28)22-19-4-2-3-5-20(19)30-23(22)25-21(26)14-29-17-10-8-16(24)9-11-17/h6-13H,2-5,14H2,1H3,(H,25,26). The van der Waals surface area contributed by atoms with Gasteiger partial charge in [0.1, 0.15) is 15.6 Å². The van der Waals surface area contributed by atoms with Gasteiger partial charge in [0.25, 0.3) is 5.91 Å². The summed E-state index contributed by atoms with van der Waals surface area (Å²) in [5.41, 5.74) is 1.82. The first-order valence-electron chi connectivity index (χ1n) is 9.99. The van der Waals surface area contributed by atoms with Gasteiger partial charge in [-0.1, -0.05) is 29.3 Å². The summed E-state index contributed by atoms with van der Waals surface area (Å²) < 4.78 is 32.5. The summed E-state index contributed by atoms with van der Waals surface area (Å²) in [5, 5.41) is 3.73. The van der Waals surface area contributed by atoms with Gasteiger partial charge in [-0.25, -0.2) is 8.42 Å². The van der Waals surface area contributed by atoms with Crippen molar-refractivity contribution < 1.29 is 17.9 Å². The maximum absolute atomic E-state index is 13.5. The lowest BCUT2D eigenvalue weighted by molar-refractivity contribution is -0.118. The highest BCUT2D eigenvalue weighted by Crippen LogP contribution is 2.43. The summed E-state index contributed by atoms with van der Waals surface area (Å²) in [6, 6.07) is 13.5.